The molecule has 1 unspecified atom stereocenters. The summed E-state index contributed by atoms with van der Waals surface area (Å²) in [6.45, 7) is 2.55. The van der Waals surface area contributed by atoms with E-state index in [0.29, 0.717) is 13.0 Å². The zero-order valence-electron chi connectivity index (χ0n) is 11.6. The highest BCUT2D eigenvalue weighted by atomic mass is 19.1. The number of rotatable bonds is 2. The summed E-state index contributed by atoms with van der Waals surface area (Å²) >= 11 is 0. The molecule has 0 bridgehead atoms. The Morgan fingerprint density at radius 3 is 3.14 bits per heavy atom. The van der Waals surface area contributed by atoms with E-state index in [1.807, 2.05) is 19.2 Å². The SMILES string of the molecule is Cc1cc(C[C@@H]2NCC3(C=Nc4ccc(F)cc43)N2)no1. The summed E-state index contributed by atoms with van der Waals surface area (Å²) in [7, 11) is 0. The molecule has 1 saturated heterocycles. The van der Waals surface area contributed by atoms with E-state index >= 15 is 0 Å². The van der Waals surface area contributed by atoms with Gasteiger partial charge >= 0.3 is 0 Å². The molecule has 0 saturated carbocycles. The molecule has 2 aliphatic rings. The molecule has 2 atom stereocenters. The van der Waals surface area contributed by atoms with E-state index in [1.165, 1.54) is 6.07 Å². The van der Waals surface area contributed by atoms with Gasteiger partial charge in [0.1, 0.15) is 11.6 Å². The van der Waals surface area contributed by atoms with Crippen molar-refractivity contribution in [2.45, 2.75) is 25.0 Å². The summed E-state index contributed by atoms with van der Waals surface area (Å²) in [6, 6.07) is 6.63. The number of aromatic nitrogens is 1. The fourth-order valence-electron chi connectivity index (χ4n) is 3.03. The first-order valence-corrected chi connectivity index (χ1v) is 6.93. The molecule has 1 aromatic carbocycles. The maximum Gasteiger partial charge on any atom is 0.133 e. The molecular formula is C15H15FN4O. The Bertz CT molecular complexity index is 726. The Morgan fingerprint density at radius 2 is 2.33 bits per heavy atom. The zero-order valence-corrected chi connectivity index (χ0v) is 11.6. The Labute approximate surface area is 121 Å². The van der Waals surface area contributed by atoms with Crippen molar-refractivity contribution < 1.29 is 8.91 Å². The zero-order chi connectivity index (χ0) is 14.4. The number of benzene rings is 1. The molecule has 0 radical (unpaired) electrons. The van der Waals surface area contributed by atoms with Crippen LogP contribution in [0.4, 0.5) is 10.1 Å². The van der Waals surface area contributed by atoms with Crippen molar-refractivity contribution in [3.05, 3.63) is 47.1 Å². The van der Waals surface area contributed by atoms with Crippen molar-refractivity contribution in [3.8, 4) is 0 Å². The maximum absolute atomic E-state index is 13.5. The van der Waals surface area contributed by atoms with E-state index < -0.39 is 5.54 Å². The maximum atomic E-state index is 13.5. The van der Waals surface area contributed by atoms with Crippen LogP contribution in [0, 0.1) is 12.7 Å². The molecule has 21 heavy (non-hydrogen) atoms. The molecular weight excluding hydrogens is 271 g/mol. The minimum Gasteiger partial charge on any atom is -0.361 e. The third-order valence-corrected chi connectivity index (χ3v) is 4.01. The summed E-state index contributed by atoms with van der Waals surface area (Å²) in [4.78, 5) is 4.39. The summed E-state index contributed by atoms with van der Waals surface area (Å²) < 4.78 is 18.6. The van der Waals surface area contributed by atoms with Crippen LogP contribution in [0.25, 0.3) is 0 Å². The second-order valence-electron chi connectivity index (χ2n) is 5.60. The predicted molar refractivity (Wildman–Crippen MR) is 76.1 cm³/mol. The summed E-state index contributed by atoms with van der Waals surface area (Å²) in [5.74, 6) is 0.559. The van der Waals surface area contributed by atoms with E-state index in [2.05, 4.69) is 20.8 Å². The molecule has 4 rings (SSSR count). The van der Waals surface area contributed by atoms with Crippen LogP contribution in [-0.4, -0.2) is 24.1 Å². The highest BCUT2D eigenvalue weighted by molar-refractivity contribution is 5.85. The van der Waals surface area contributed by atoms with Gasteiger partial charge in [0.25, 0.3) is 0 Å². The normalized spacial score (nSPS) is 26.7. The van der Waals surface area contributed by atoms with Crippen molar-refractivity contribution in [2.75, 3.05) is 6.54 Å². The van der Waals surface area contributed by atoms with Gasteiger partial charge in [-0.1, -0.05) is 5.16 Å². The first-order valence-electron chi connectivity index (χ1n) is 6.93. The second-order valence-corrected chi connectivity index (χ2v) is 5.60. The van der Waals surface area contributed by atoms with Crippen molar-refractivity contribution in [1.29, 1.82) is 0 Å². The number of fused-ring (bicyclic) bond motifs is 2. The molecule has 108 valence electrons. The molecule has 1 fully saturated rings. The van der Waals surface area contributed by atoms with Gasteiger partial charge in [0.05, 0.1) is 23.1 Å². The van der Waals surface area contributed by atoms with Crippen LogP contribution in [0.2, 0.25) is 0 Å². The molecule has 3 heterocycles. The van der Waals surface area contributed by atoms with Crippen LogP contribution >= 0.6 is 0 Å². The van der Waals surface area contributed by atoms with E-state index in [0.717, 1.165) is 22.7 Å². The number of nitrogens with zero attached hydrogens (tertiary/aromatic N) is 2. The molecule has 2 N–H and O–H groups in total. The molecule has 5 nitrogen and oxygen atoms in total. The summed E-state index contributed by atoms with van der Waals surface area (Å²) in [5, 5.41) is 10.9. The van der Waals surface area contributed by atoms with E-state index in [9.17, 15) is 4.39 Å². The number of nitrogens with one attached hydrogen (secondary N) is 2. The van der Waals surface area contributed by atoms with Gasteiger partial charge in [-0.05, 0) is 25.1 Å². The van der Waals surface area contributed by atoms with Crippen LogP contribution in [-0.2, 0) is 12.0 Å². The summed E-state index contributed by atoms with van der Waals surface area (Å²) in [5.41, 5.74) is 2.17. The highest BCUT2D eigenvalue weighted by Crippen LogP contribution is 2.37. The van der Waals surface area contributed by atoms with E-state index in [4.69, 9.17) is 4.52 Å². The van der Waals surface area contributed by atoms with Gasteiger partial charge in [-0.25, -0.2) is 4.39 Å². The lowest BCUT2D eigenvalue weighted by molar-refractivity contribution is 0.384. The van der Waals surface area contributed by atoms with Gasteiger partial charge < -0.3 is 4.52 Å². The number of aliphatic imine (C=N–C) groups is 1. The third kappa shape index (κ3) is 2.07. The third-order valence-electron chi connectivity index (χ3n) is 4.01. The average molecular weight is 286 g/mol. The average Bonchev–Trinajstić information content (AvgIpc) is 3.14. The molecule has 6 heteroatoms. The molecule has 2 aliphatic heterocycles. The van der Waals surface area contributed by atoms with Gasteiger partial charge in [-0.2, -0.15) is 0 Å². The van der Waals surface area contributed by atoms with E-state index in [-0.39, 0.29) is 12.0 Å². The number of halogens is 1. The highest BCUT2D eigenvalue weighted by Gasteiger charge is 2.43. The number of aryl methyl sites for hydroxylation is 1. The first kappa shape index (κ1) is 12.7. The van der Waals surface area contributed by atoms with Crippen molar-refractivity contribution in [3.63, 3.8) is 0 Å². The van der Waals surface area contributed by atoms with Crippen molar-refractivity contribution >= 4 is 11.9 Å². The molecule has 1 aromatic heterocycles. The van der Waals surface area contributed by atoms with Crippen LogP contribution in [0.15, 0.2) is 33.8 Å². The lowest BCUT2D eigenvalue weighted by Crippen LogP contribution is -2.43. The van der Waals surface area contributed by atoms with Crippen LogP contribution < -0.4 is 10.6 Å². The largest absolute Gasteiger partial charge is 0.361 e. The van der Waals surface area contributed by atoms with E-state index in [1.54, 1.807) is 12.1 Å². The lowest BCUT2D eigenvalue weighted by atomic mass is 9.93. The summed E-state index contributed by atoms with van der Waals surface area (Å²) in [6.07, 6.45) is 2.62. The number of hydrogen-bond acceptors (Lipinski definition) is 5. The molecule has 2 aromatic rings. The fourth-order valence-corrected chi connectivity index (χ4v) is 3.03. The molecule has 0 amide bonds. The van der Waals surface area contributed by atoms with Crippen LogP contribution in [0.1, 0.15) is 17.0 Å². The van der Waals surface area contributed by atoms with Crippen LogP contribution in [0.3, 0.4) is 0 Å². The Kier molecular flexibility index (Phi) is 2.70. The van der Waals surface area contributed by atoms with Crippen molar-refractivity contribution in [2.24, 2.45) is 4.99 Å². The van der Waals surface area contributed by atoms with Crippen LogP contribution in [0.5, 0.6) is 0 Å². The Hall–Kier alpha value is -2.05. The Morgan fingerprint density at radius 1 is 1.43 bits per heavy atom. The standard InChI is InChI=1S/C15H15FN4O/c1-9-4-11(20-21-9)6-14-18-8-15(19-14)7-17-13-3-2-10(16)5-12(13)15/h2-5,7,14,18-19H,6,8H2,1H3/t14-,15?/m1/s1. The number of hydrogen-bond donors (Lipinski definition) is 2. The van der Waals surface area contributed by atoms with Gasteiger partial charge in [0, 0.05) is 30.8 Å². The quantitative estimate of drug-likeness (QED) is 0.883. The smallest absolute Gasteiger partial charge is 0.133 e. The monoisotopic (exact) mass is 286 g/mol. The molecule has 0 aliphatic carbocycles. The van der Waals surface area contributed by atoms with Gasteiger partial charge in [-0.15, -0.1) is 0 Å². The first-order chi connectivity index (χ1) is 10.1. The minimum absolute atomic E-state index is 0.0511. The fraction of sp³-hybridized carbons (Fsp3) is 0.333. The van der Waals surface area contributed by atoms with Gasteiger partial charge in [0.2, 0.25) is 0 Å². The van der Waals surface area contributed by atoms with Gasteiger partial charge in [-0.3, -0.25) is 15.6 Å². The van der Waals surface area contributed by atoms with Crippen molar-refractivity contribution in [1.82, 2.24) is 15.8 Å². The predicted octanol–water partition coefficient (Wildman–Crippen LogP) is 1.79. The second kappa shape index (κ2) is 4.47. The topological polar surface area (TPSA) is 62.5 Å². The Balaban J connectivity index is 1.57. The lowest BCUT2D eigenvalue weighted by Gasteiger charge is -2.22. The van der Waals surface area contributed by atoms with Gasteiger partial charge in [0.15, 0.2) is 0 Å². The minimum atomic E-state index is -0.430. The molecule has 1 spiro atoms.